The molecule has 8 heteroatoms. The lowest BCUT2D eigenvalue weighted by Crippen LogP contribution is -2.39. The topological polar surface area (TPSA) is 143 Å². The molecule has 1 aromatic heterocycles. The van der Waals surface area contributed by atoms with Crippen LogP contribution in [0.15, 0.2) is 15.3 Å². The third-order valence-electron chi connectivity index (χ3n) is 3.13. The molecule has 21 heavy (non-hydrogen) atoms. The zero-order chi connectivity index (χ0) is 16.2. The molecule has 1 amide bonds. The number of amides is 1. The summed E-state index contributed by atoms with van der Waals surface area (Å²) in [4.78, 5) is 34.0. The Balaban J connectivity index is 2.88. The molecule has 0 spiro atoms. The van der Waals surface area contributed by atoms with Crippen molar-refractivity contribution in [3.05, 3.63) is 27.8 Å². The largest absolute Gasteiger partial charge is 0.501 e. The number of rotatable bonds is 6. The monoisotopic (exact) mass is 298 g/mol. The van der Waals surface area contributed by atoms with Crippen molar-refractivity contribution in [1.82, 2.24) is 5.32 Å². The van der Waals surface area contributed by atoms with E-state index >= 15 is 0 Å². The summed E-state index contributed by atoms with van der Waals surface area (Å²) in [6, 6.07) is 0.600. The molecule has 0 aromatic carbocycles. The Morgan fingerprint density at radius 1 is 1.48 bits per heavy atom. The molecule has 1 aromatic rings. The molecule has 1 heterocycles. The van der Waals surface area contributed by atoms with E-state index in [-0.39, 0.29) is 6.54 Å². The Morgan fingerprint density at radius 2 is 2.10 bits per heavy atom. The van der Waals surface area contributed by atoms with E-state index in [2.05, 4.69) is 5.32 Å². The number of nitrogens with two attached hydrogens (primary N) is 1. The third-order valence-corrected chi connectivity index (χ3v) is 3.13. The van der Waals surface area contributed by atoms with Crippen molar-refractivity contribution >= 4 is 11.9 Å². The highest BCUT2D eigenvalue weighted by molar-refractivity contribution is 5.94. The van der Waals surface area contributed by atoms with Gasteiger partial charge < -0.3 is 25.7 Å². The summed E-state index contributed by atoms with van der Waals surface area (Å²) in [6.07, 6.45) is 1.18. The van der Waals surface area contributed by atoms with E-state index in [1.807, 2.05) is 13.8 Å². The average Bonchev–Trinajstić information content (AvgIpc) is 2.41. The standard InChI is InChI=1S/C13H18N2O6/c1-3-13(2,14)4-5-15-11(18)10-9(17)7(16)6-8(21-10)12(19)20/h6,17H,3-5,14H2,1-2H3,(H,15,18)(H,19,20). The van der Waals surface area contributed by atoms with Gasteiger partial charge in [-0.25, -0.2) is 4.79 Å². The zero-order valence-electron chi connectivity index (χ0n) is 11.8. The summed E-state index contributed by atoms with van der Waals surface area (Å²) < 4.78 is 4.73. The van der Waals surface area contributed by atoms with Crippen molar-refractivity contribution in [2.75, 3.05) is 6.54 Å². The fourth-order valence-electron chi connectivity index (χ4n) is 1.47. The number of nitrogens with one attached hydrogen (secondary N) is 1. The molecule has 0 radical (unpaired) electrons. The zero-order valence-corrected chi connectivity index (χ0v) is 11.8. The minimum atomic E-state index is -1.51. The summed E-state index contributed by atoms with van der Waals surface area (Å²) in [7, 11) is 0. The van der Waals surface area contributed by atoms with Crippen LogP contribution in [0.4, 0.5) is 0 Å². The lowest BCUT2D eigenvalue weighted by molar-refractivity contribution is 0.0654. The smallest absolute Gasteiger partial charge is 0.371 e. The molecule has 0 aliphatic heterocycles. The van der Waals surface area contributed by atoms with Gasteiger partial charge in [0.25, 0.3) is 5.91 Å². The molecule has 0 aliphatic carbocycles. The number of aromatic hydroxyl groups is 1. The highest BCUT2D eigenvalue weighted by Gasteiger charge is 2.22. The first-order valence-corrected chi connectivity index (χ1v) is 6.35. The summed E-state index contributed by atoms with van der Waals surface area (Å²) in [5.41, 5.74) is 4.45. The summed E-state index contributed by atoms with van der Waals surface area (Å²) in [6.45, 7) is 3.92. The number of hydrogen-bond acceptors (Lipinski definition) is 6. The van der Waals surface area contributed by atoms with Crippen molar-refractivity contribution < 1.29 is 24.2 Å². The Hall–Kier alpha value is -2.35. The van der Waals surface area contributed by atoms with Gasteiger partial charge in [0, 0.05) is 18.2 Å². The molecule has 1 atom stereocenters. The highest BCUT2D eigenvalue weighted by atomic mass is 16.4. The van der Waals surface area contributed by atoms with Gasteiger partial charge >= 0.3 is 5.97 Å². The second kappa shape index (κ2) is 6.40. The van der Waals surface area contributed by atoms with Crippen molar-refractivity contribution in [3.8, 4) is 5.75 Å². The van der Waals surface area contributed by atoms with E-state index in [1.54, 1.807) is 0 Å². The van der Waals surface area contributed by atoms with E-state index in [0.29, 0.717) is 18.9 Å². The maximum absolute atomic E-state index is 11.8. The quantitative estimate of drug-likeness (QED) is 0.591. The maximum Gasteiger partial charge on any atom is 0.371 e. The van der Waals surface area contributed by atoms with E-state index in [0.717, 1.165) is 0 Å². The first-order chi connectivity index (χ1) is 9.68. The molecule has 0 saturated carbocycles. The second-order valence-corrected chi connectivity index (χ2v) is 4.97. The van der Waals surface area contributed by atoms with Crippen LogP contribution < -0.4 is 16.5 Å². The number of carboxylic acids is 1. The van der Waals surface area contributed by atoms with Gasteiger partial charge in [-0.15, -0.1) is 0 Å². The van der Waals surface area contributed by atoms with Gasteiger partial charge in [-0.05, 0) is 19.8 Å². The SMILES string of the molecule is CCC(C)(N)CCNC(=O)c1oc(C(=O)O)cc(=O)c1O. The molecule has 1 unspecified atom stereocenters. The summed E-state index contributed by atoms with van der Waals surface area (Å²) >= 11 is 0. The molecule has 5 N–H and O–H groups in total. The number of carbonyl (C=O) groups excluding carboxylic acids is 1. The normalized spacial score (nSPS) is 13.5. The second-order valence-electron chi connectivity index (χ2n) is 4.97. The van der Waals surface area contributed by atoms with Crippen LogP contribution in [0.25, 0.3) is 0 Å². The van der Waals surface area contributed by atoms with Gasteiger partial charge in [0.15, 0.2) is 0 Å². The molecule has 0 fully saturated rings. The minimum absolute atomic E-state index is 0.195. The first kappa shape index (κ1) is 16.7. The molecule has 1 rings (SSSR count). The average molecular weight is 298 g/mol. The lowest BCUT2D eigenvalue weighted by Gasteiger charge is -2.22. The Morgan fingerprint density at radius 3 is 2.62 bits per heavy atom. The third kappa shape index (κ3) is 4.32. The van der Waals surface area contributed by atoms with Crippen molar-refractivity contribution in [2.45, 2.75) is 32.2 Å². The Bertz CT molecular complexity index is 605. The van der Waals surface area contributed by atoms with Gasteiger partial charge in [-0.2, -0.15) is 0 Å². The van der Waals surface area contributed by atoms with Crippen molar-refractivity contribution in [2.24, 2.45) is 5.73 Å². The van der Waals surface area contributed by atoms with E-state index in [4.69, 9.17) is 15.3 Å². The van der Waals surface area contributed by atoms with Crippen molar-refractivity contribution in [3.63, 3.8) is 0 Å². The van der Waals surface area contributed by atoms with Crippen LogP contribution >= 0.6 is 0 Å². The molecular formula is C13H18N2O6. The molecule has 0 bridgehead atoms. The summed E-state index contributed by atoms with van der Waals surface area (Å²) in [5, 5.41) is 20.7. The van der Waals surface area contributed by atoms with E-state index in [1.165, 1.54) is 0 Å². The van der Waals surface area contributed by atoms with Gasteiger partial charge in [-0.3, -0.25) is 9.59 Å². The van der Waals surface area contributed by atoms with Gasteiger partial charge in [0.2, 0.25) is 22.7 Å². The highest BCUT2D eigenvalue weighted by Crippen LogP contribution is 2.14. The number of carbonyl (C=O) groups is 2. The predicted octanol–water partition coefficient (Wildman–Crippen LogP) is 0.291. The van der Waals surface area contributed by atoms with Gasteiger partial charge in [0.1, 0.15) is 0 Å². The van der Waals surface area contributed by atoms with Gasteiger partial charge in [-0.1, -0.05) is 6.92 Å². The van der Waals surface area contributed by atoms with Gasteiger partial charge in [0.05, 0.1) is 0 Å². The fraction of sp³-hybridized carbons (Fsp3) is 0.462. The molecule has 8 nitrogen and oxygen atoms in total. The van der Waals surface area contributed by atoms with E-state index in [9.17, 15) is 19.5 Å². The molecule has 0 aliphatic rings. The van der Waals surface area contributed by atoms with Crippen LogP contribution in [0.3, 0.4) is 0 Å². The Labute approximate surface area is 120 Å². The van der Waals surface area contributed by atoms with Crippen molar-refractivity contribution in [1.29, 1.82) is 0 Å². The van der Waals surface area contributed by atoms with Crippen LogP contribution in [0, 0.1) is 0 Å². The van der Waals surface area contributed by atoms with Crippen LogP contribution in [-0.2, 0) is 0 Å². The fourth-order valence-corrected chi connectivity index (χ4v) is 1.47. The van der Waals surface area contributed by atoms with Crippen LogP contribution in [0.1, 0.15) is 47.8 Å². The van der Waals surface area contributed by atoms with Crippen LogP contribution in [0.2, 0.25) is 0 Å². The number of hydrogen-bond donors (Lipinski definition) is 4. The molecule has 116 valence electrons. The molecule has 0 saturated heterocycles. The molecular weight excluding hydrogens is 280 g/mol. The van der Waals surface area contributed by atoms with Crippen LogP contribution in [0.5, 0.6) is 5.75 Å². The van der Waals surface area contributed by atoms with Crippen LogP contribution in [-0.4, -0.2) is 34.2 Å². The number of aromatic carboxylic acids is 1. The minimum Gasteiger partial charge on any atom is -0.501 e. The first-order valence-electron chi connectivity index (χ1n) is 6.35. The maximum atomic E-state index is 11.8. The predicted molar refractivity (Wildman–Crippen MR) is 73.4 cm³/mol. The number of carboxylic acid groups (broad SMARTS) is 1. The Kier molecular flexibility index (Phi) is 5.09. The summed E-state index contributed by atoms with van der Waals surface area (Å²) in [5.74, 6) is -4.76. The van der Waals surface area contributed by atoms with E-state index < -0.39 is 40.1 Å². The lowest BCUT2D eigenvalue weighted by atomic mass is 9.96.